The summed E-state index contributed by atoms with van der Waals surface area (Å²) >= 11 is 5.89. The number of aromatic nitrogens is 2. The summed E-state index contributed by atoms with van der Waals surface area (Å²) in [5.74, 6) is 1.00. The van der Waals surface area contributed by atoms with Crippen LogP contribution >= 0.6 is 11.6 Å². The summed E-state index contributed by atoms with van der Waals surface area (Å²) < 4.78 is 31.1. The van der Waals surface area contributed by atoms with Crippen molar-refractivity contribution < 1.29 is 12.9 Å². The summed E-state index contributed by atoms with van der Waals surface area (Å²) in [4.78, 5) is 3.85. The number of halogens is 1. The molecular weight excluding hydrogens is 292 g/mol. The van der Waals surface area contributed by atoms with E-state index >= 15 is 0 Å². The number of aryl methyl sites for hydroxylation is 1. The number of hydrogen-bond acceptors (Lipinski definition) is 6. The highest BCUT2D eigenvalue weighted by Gasteiger charge is 2.18. The van der Waals surface area contributed by atoms with E-state index < -0.39 is 10.0 Å². The Kier molecular flexibility index (Phi) is 3.63. The fourth-order valence-corrected chi connectivity index (χ4v) is 2.64. The average molecular weight is 303 g/mol. The predicted octanol–water partition coefficient (Wildman–Crippen LogP) is 1.87. The van der Waals surface area contributed by atoms with Gasteiger partial charge in [-0.25, -0.2) is 13.4 Å². The van der Waals surface area contributed by atoms with Crippen LogP contribution in [0.1, 0.15) is 5.76 Å². The molecule has 2 heterocycles. The van der Waals surface area contributed by atoms with Gasteiger partial charge < -0.3 is 9.84 Å². The van der Waals surface area contributed by atoms with Gasteiger partial charge in [0.15, 0.2) is 5.82 Å². The van der Waals surface area contributed by atoms with Crippen molar-refractivity contribution in [3.63, 3.8) is 0 Å². The predicted molar refractivity (Wildman–Crippen MR) is 70.8 cm³/mol. The third kappa shape index (κ3) is 2.96. The van der Waals surface area contributed by atoms with Crippen molar-refractivity contribution in [2.45, 2.75) is 11.8 Å². The highest BCUT2D eigenvalue weighted by atomic mass is 35.5. The molecule has 0 aliphatic heterocycles. The summed E-state index contributed by atoms with van der Waals surface area (Å²) in [6.07, 6.45) is 1.20. The fraction of sp³-hybridized carbons (Fsp3) is 0.200. The van der Waals surface area contributed by atoms with Crippen LogP contribution in [0.15, 0.2) is 27.7 Å². The second-order valence-corrected chi connectivity index (χ2v) is 5.77. The molecule has 0 unspecified atom stereocenters. The molecule has 9 heteroatoms. The smallest absolute Gasteiger partial charge is 0.264 e. The van der Waals surface area contributed by atoms with Crippen molar-refractivity contribution in [1.29, 1.82) is 0 Å². The van der Waals surface area contributed by atoms with Crippen molar-refractivity contribution in [1.82, 2.24) is 10.1 Å². The van der Waals surface area contributed by atoms with Gasteiger partial charge >= 0.3 is 0 Å². The normalized spacial score (nSPS) is 11.3. The lowest BCUT2D eigenvalue weighted by molar-refractivity contribution is 0.400. The van der Waals surface area contributed by atoms with Gasteiger partial charge in [-0.1, -0.05) is 16.8 Å². The SMILES string of the molecule is CNc1ncc(S(=O)(=O)Nc2cc(C)on2)cc1Cl. The minimum Gasteiger partial charge on any atom is -0.372 e. The first-order chi connectivity index (χ1) is 8.92. The van der Waals surface area contributed by atoms with Gasteiger partial charge in [0.2, 0.25) is 0 Å². The summed E-state index contributed by atoms with van der Waals surface area (Å²) in [6.45, 7) is 1.66. The van der Waals surface area contributed by atoms with Crippen LogP contribution in [-0.2, 0) is 10.0 Å². The van der Waals surface area contributed by atoms with Crippen LogP contribution in [0.4, 0.5) is 11.6 Å². The lowest BCUT2D eigenvalue weighted by atomic mass is 10.4. The quantitative estimate of drug-likeness (QED) is 0.895. The lowest BCUT2D eigenvalue weighted by Gasteiger charge is -2.07. The molecule has 102 valence electrons. The Hall–Kier alpha value is -1.80. The van der Waals surface area contributed by atoms with Gasteiger partial charge in [0, 0.05) is 19.3 Å². The van der Waals surface area contributed by atoms with E-state index in [9.17, 15) is 8.42 Å². The van der Waals surface area contributed by atoms with E-state index in [-0.39, 0.29) is 15.7 Å². The summed E-state index contributed by atoms with van der Waals surface area (Å²) in [5, 5.41) is 6.50. The first-order valence-corrected chi connectivity index (χ1v) is 7.08. The molecular formula is C10H11ClN4O3S. The molecule has 0 aliphatic rings. The van der Waals surface area contributed by atoms with E-state index in [0.29, 0.717) is 11.6 Å². The van der Waals surface area contributed by atoms with Gasteiger partial charge in [0.25, 0.3) is 10.0 Å². The lowest BCUT2D eigenvalue weighted by Crippen LogP contribution is -2.13. The zero-order valence-corrected chi connectivity index (χ0v) is 11.7. The molecule has 7 nitrogen and oxygen atoms in total. The van der Waals surface area contributed by atoms with Crippen LogP contribution in [0.2, 0.25) is 5.02 Å². The zero-order valence-electron chi connectivity index (χ0n) is 10.1. The second kappa shape index (κ2) is 5.06. The first kappa shape index (κ1) is 13.6. The molecule has 0 bridgehead atoms. The van der Waals surface area contributed by atoms with E-state index in [2.05, 4.69) is 20.2 Å². The van der Waals surface area contributed by atoms with Crippen molar-refractivity contribution in [2.24, 2.45) is 0 Å². The molecule has 0 radical (unpaired) electrons. The largest absolute Gasteiger partial charge is 0.372 e. The highest BCUT2D eigenvalue weighted by Crippen LogP contribution is 2.23. The molecule has 2 aromatic rings. The van der Waals surface area contributed by atoms with Gasteiger partial charge in [0.1, 0.15) is 16.5 Å². The van der Waals surface area contributed by atoms with Gasteiger partial charge in [-0.2, -0.15) is 0 Å². The molecule has 2 N–H and O–H groups in total. The van der Waals surface area contributed by atoms with Crippen LogP contribution in [-0.4, -0.2) is 25.6 Å². The molecule has 0 aliphatic carbocycles. The molecule has 19 heavy (non-hydrogen) atoms. The van der Waals surface area contributed by atoms with Crippen LogP contribution in [0, 0.1) is 6.92 Å². The number of hydrogen-bond donors (Lipinski definition) is 2. The molecule has 0 aromatic carbocycles. The molecule has 0 amide bonds. The topological polar surface area (TPSA) is 97.1 Å². The Labute approximate surface area is 115 Å². The summed E-state index contributed by atoms with van der Waals surface area (Å²) in [7, 11) is -2.16. The minimum atomic E-state index is -3.79. The Morgan fingerprint density at radius 2 is 2.11 bits per heavy atom. The van der Waals surface area contributed by atoms with E-state index in [1.807, 2.05) is 0 Å². The van der Waals surface area contributed by atoms with E-state index in [1.165, 1.54) is 18.3 Å². The molecule has 0 saturated carbocycles. The third-order valence-electron chi connectivity index (χ3n) is 2.23. The van der Waals surface area contributed by atoms with Gasteiger partial charge in [-0.3, -0.25) is 4.72 Å². The Bertz CT molecular complexity index is 699. The van der Waals surface area contributed by atoms with Crippen LogP contribution in [0.5, 0.6) is 0 Å². The fourth-order valence-electron chi connectivity index (χ4n) is 1.36. The maximum Gasteiger partial charge on any atom is 0.264 e. The number of sulfonamides is 1. The average Bonchev–Trinajstić information content (AvgIpc) is 2.73. The molecule has 0 atom stereocenters. The standard InChI is InChI=1S/C10H11ClN4O3S/c1-6-3-9(14-18-6)15-19(16,17)7-4-8(11)10(12-2)13-5-7/h3-5H,1-2H3,(H,12,13)(H,14,15). The van der Waals surface area contributed by atoms with E-state index in [0.717, 1.165) is 0 Å². The van der Waals surface area contributed by atoms with Crippen molar-refractivity contribution in [3.05, 3.63) is 29.1 Å². The summed E-state index contributed by atoms with van der Waals surface area (Å²) in [5.41, 5.74) is 0. The number of anilines is 2. The highest BCUT2D eigenvalue weighted by molar-refractivity contribution is 7.92. The molecule has 0 fully saturated rings. The molecule has 2 aromatic heterocycles. The summed E-state index contributed by atoms with van der Waals surface area (Å²) in [6, 6.07) is 2.77. The Morgan fingerprint density at radius 1 is 1.37 bits per heavy atom. The maximum absolute atomic E-state index is 12.1. The van der Waals surface area contributed by atoms with E-state index in [4.69, 9.17) is 16.1 Å². The van der Waals surface area contributed by atoms with E-state index in [1.54, 1.807) is 14.0 Å². The maximum atomic E-state index is 12.1. The third-order valence-corrected chi connectivity index (χ3v) is 3.84. The van der Waals surface area contributed by atoms with Gasteiger partial charge in [-0.05, 0) is 13.0 Å². The van der Waals surface area contributed by atoms with Gasteiger partial charge in [0.05, 0.1) is 5.02 Å². The van der Waals surface area contributed by atoms with Crippen LogP contribution in [0.3, 0.4) is 0 Å². The molecule has 2 rings (SSSR count). The van der Waals surface area contributed by atoms with Crippen molar-refractivity contribution in [2.75, 3.05) is 17.1 Å². The molecule has 0 saturated heterocycles. The Balaban J connectivity index is 2.31. The number of rotatable bonds is 4. The number of nitrogens with zero attached hydrogens (tertiary/aromatic N) is 2. The van der Waals surface area contributed by atoms with Crippen LogP contribution in [0.25, 0.3) is 0 Å². The van der Waals surface area contributed by atoms with Crippen molar-refractivity contribution in [3.8, 4) is 0 Å². The first-order valence-electron chi connectivity index (χ1n) is 5.22. The monoisotopic (exact) mass is 302 g/mol. The number of nitrogens with one attached hydrogen (secondary N) is 2. The second-order valence-electron chi connectivity index (χ2n) is 3.68. The number of pyridine rings is 1. The molecule has 0 spiro atoms. The Morgan fingerprint density at radius 3 is 2.63 bits per heavy atom. The zero-order chi connectivity index (χ0) is 14.0. The minimum absolute atomic E-state index is 0.0582. The van der Waals surface area contributed by atoms with Crippen molar-refractivity contribution >= 4 is 33.3 Å². The van der Waals surface area contributed by atoms with Crippen LogP contribution < -0.4 is 10.0 Å². The van der Waals surface area contributed by atoms with Gasteiger partial charge in [-0.15, -0.1) is 0 Å².